The molecule has 0 radical (unpaired) electrons. The van der Waals surface area contributed by atoms with E-state index in [9.17, 15) is 8.78 Å². The molecule has 0 atom stereocenters. The summed E-state index contributed by atoms with van der Waals surface area (Å²) >= 11 is 0. The zero-order valence-electron chi connectivity index (χ0n) is 4.62. The average Bonchev–Trinajstić information content (AvgIpc) is 1.20. The molecule has 0 bridgehead atoms. The zero-order chi connectivity index (χ0) is 6.41. The van der Waals surface area contributed by atoms with Gasteiger partial charge in [-0.15, -0.1) is 0 Å². The second-order valence-electron chi connectivity index (χ2n) is 2.71. The van der Waals surface area contributed by atoms with Crippen LogP contribution in [0.4, 0.5) is 8.78 Å². The summed E-state index contributed by atoms with van der Waals surface area (Å²) in [6, 6.07) is 0. The van der Waals surface area contributed by atoms with Gasteiger partial charge in [0.05, 0.1) is 5.60 Å². The Morgan fingerprint density at radius 2 is 1.75 bits per heavy atom. The maximum Gasteiger partial charge on any atom is 0.253 e. The first-order chi connectivity index (χ1) is 3.41. The second kappa shape index (κ2) is 1.21. The molecule has 1 rings (SSSR count). The van der Waals surface area contributed by atoms with Crippen LogP contribution in [0.25, 0.3) is 0 Å². The van der Waals surface area contributed by atoms with Crippen molar-refractivity contribution in [1.82, 2.24) is 0 Å². The molecule has 0 aromatic rings. The summed E-state index contributed by atoms with van der Waals surface area (Å²) in [6.45, 7) is 1.42. The van der Waals surface area contributed by atoms with Crippen LogP contribution in [0.5, 0.6) is 0 Å². The molecule has 8 heavy (non-hydrogen) atoms. The molecule has 0 amide bonds. The largest absolute Gasteiger partial charge is 0.390 e. The second-order valence-corrected chi connectivity index (χ2v) is 2.71. The Balaban J connectivity index is 2.42. The maximum atomic E-state index is 11.9. The van der Waals surface area contributed by atoms with Crippen molar-refractivity contribution in [2.45, 2.75) is 31.3 Å². The van der Waals surface area contributed by atoms with Gasteiger partial charge in [-0.05, 0) is 6.92 Å². The molecule has 0 aliphatic heterocycles. The van der Waals surface area contributed by atoms with Gasteiger partial charge in [0.25, 0.3) is 5.92 Å². The smallest absolute Gasteiger partial charge is 0.253 e. The summed E-state index contributed by atoms with van der Waals surface area (Å²) < 4.78 is 23.7. The van der Waals surface area contributed by atoms with Crippen molar-refractivity contribution in [3.63, 3.8) is 0 Å². The first-order valence-electron chi connectivity index (χ1n) is 2.52. The van der Waals surface area contributed by atoms with Gasteiger partial charge in [-0.1, -0.05) is 0 Å². The first-order valence-corrected chi connectivity index (χ1v) is 2.52. The molecule has 0 spiro atoms. The third-order valence-corrected chi connectivity index (χ3v) is 1.28. The Morgan fingerprint density at radius 1 is 1.38 bits per heavy atom. The lowest BCUT2D eigenvalue weighted by Gasteiger charge is -2.40. The quantitative estimate of drug-likeness (QED) is 0.511. The lowest BCUT2D eigenvalue weighted by molar-refractivity contribution is -0.195. The van der Waals surface area contributed by atoms with Crippen LogP contribution in [-0.2, 0) is 0 Å². The molecule has 0 aromatic carbocycles. The van der Waals surface area contributed by atoms with Gasteiger partial charge < -0.3 is 5.11 Å². The van der Waals surface area contributed by atoms with Crippen molar-refractivity contribution in [3.05, 3.63) is 0 Å². The third-order valence-electron chi connectivity index (χ3n) is 1.28. The molecule has 0 unspecified atom stereocenters. The number of hydrogen-bond acceptors (Lipinski definition) is 1. The summed E-state index contributed by atoms with van der Waals surface area (Å²) in [5, 5.41) is 8.77. The van der Waals surface area contributed by atoms with Gasteiger partial charge in [-0.3, -0.25) is 0 Å². The van der Waals surface area contributed by atoms with E-state index in [0.717, 1.165) is 0 Å². The van der Waals surface area contributed by atoms with E-state index in [-0.39, 0.29) is 12.8 Å². The highest BCUT2D eigenvalue weighted by atomic mass is 19.3. The van der Waals surface area contributed by atoms with E-state index < -0.39 is 11.5 Å². The molecule has 1 aliphatic rings. The van der Waals surface area contributed by atoms with E-state index in [1.165, 1.54) is 6.92 Å². The summed E-state index contributed by atoms with van der Waals surface area (Å²) in [7, 11) is 0. The summed E-state index contributed by atoms with van der Waals surface area (Å²) in [4.78, 5) is 0. The van der Waals surface area contributed by atoms with Gasteiger partial charge in [0.1, 0.15) is 0 Å². The molecule has 0 saturated heterocycles. The summed E-state index contributed by atoms with van der Waals surface area (Å²) in [5.74, 6) is -2.59. The first kappa shape index (κ1) is 5.95. The molecule has 3 heteroatoms. The molecule has 1 saturated carbocycles. The standard InChI is InChI=1S/C5H8F2O/c1-4(8)2-5(6,7)3-4/h8H,2-3H2,1H3. The third kappa shape index (κ3) is 0.968. The van der Waals surface area contributed by atoms with Crippen molar-refractivity contribution < 1.29 is 13.9 Å². The average molecular weight is 122 g/mol. The molecule has 0 aromatic heterocycles. The Hall–Kier alpha value is -0.180. The highest BCUT2D eigenvalue weighted by Crippen LogP contribution is 2.44. The van der Waals surface area contributed by atoms with E-state index >= 15 is 0 Å². The Kier molecular flexibility index (Phi) is 0.899. The van der Waals surface area contributed by atoms with E-state index in [4.69, 9.17) is 5.11 Å². The topological polar surface area (TPSA) is 20.2 Å². The Morgan fingerprint density at radius 3 is 1.75 bits per heavy atom. The van der Waals surface area contributed by atoms with E-state index in [1.54, 1.807) is 0 Å². The highest BCUT2D eigenvalue weighted by Gasteiger charge is 2.52. The van der Waals surface area contributed by atoms with Crippen molar-refractivity contribution in [3.8, 4) is 0 Å². The van der Waals surface area contributed by atoms with Crippen LogP contribution in [0.1, 0.15) is 19.8 Å². The zero-order valence-corrected chi connectivity index (χ0v) is 4.62. The molecular weight excluding hydrogens is 114 g/mol. The lowest BCUT2D eigenvalue weighted by Crippen LogP contribution is -2.49. The molecular formula is C5H8F2O. The SMILES string of the molecule is CC1(O)CC(F)(F)C1. The Labute approximate surface area is 46.3 Å². The van der Waals surface area contributed by atoms with Gasteiger partial charge in [0.15, 0.2) is 0 Å². The molecule has 1 fully saturated rings. The molecule has 1 aliphatic carbocycles. The predicted molar refractivity (Wildman–Crippen MR) is 24.8 cm³/mol. The molecule has 1 N–H and O–H groups in total. The van der Waals surface area contributed by atoms with Crippen LogP contribution in [0.15, 0.2) is 0 Å². The van der Waals surface area contributed by atoms with E-state index in [2.05, 4.69) is 0 Å². The minimum atomic E-state index is -2.59. The number of halogens is 2. The van der Waals surface area contributed by atoms with Gasteiger partial charge in [0.2, 0.25) is 0 Å². The van der Waals surface area contributed by atoms with Crippen LogP contribution >= 0.6 is 0 Å². The number of hydrogen-bond donors (Lipinski definition) is 1. The van der Waals surface area contributed by atoms with Crippen LogP contribution in [0.2, 0.25) is 0 Å². The van der Waals surface area contributed by atoms with Crippen LogP contribution in [-0.4, -0.2) is 16.6 Å². The van der Waals surface area contributed by atoms with Gasteiger partial charge in [0, 0.05) is 12.8 Å². The monoisotopic (exact) mass is 122 g/mol. The minimum absolute atomic E-state index is 0.375. The number of aliphatic hydroxyl groups is 1. The molecule has 0 heterocycles. The maximum absolute atomic E-state index is 11.9. The van der Waals surface area contributed by atoms with Crippen molar-refractivity contribution in [1.29, 1.82) is 0 Å². The van der Waals surface area contributed by atoms with Gasteiger partial charge >= 0.3 is 0 Å². The normalized spacial score (nSPS) is 31.5. The Bertz CT molecular complexity index is 87.0. The molecule has 48 valence electrons. The predicted octanol–water partition coefficient (Wildman–Crippen LogP) is 1.17. The minimum Gasteiger partial charge on any atom is -0.390 e. The lowest BCUT2D eigenvalue weighted by atomic mass is 9.78. The van der Waals surface area contributed by atoms with Gasteiger partial charge in [-0.2, -0.15) is 0 Å². The summed E-state index contributed by atoms with van der Waals surface area (Å²) in [5.41, 5.74) is -1.09. The number of alkyl halides is 2. The summed E-state index contributed by atoms with van der Waals surface area (Å²) in [6.07, 6.45) is -0.750. The van der Waals surface area contributed by atoms with E-state index in [1.807, 2.05) is 0 Å². The van der Waals surface area contributed by atoms with Gasteiger partial charge in [-0.25, -0.2) is 8.78 Å². The fourth-order valence-electron chi connectivity index (χ4n) is 1.06. The van der Waals surface area contributed by atoms with Crippen LogP contribution in [0, 0.1) is 0 Å². The van der Waals surface area contributed by atoms with Crippen molar-refractivity contribution >= 4 is 0 Å². The van der Waals surface area contributed by atoms with Crippen LogP contribution in [0.3, 0.4) is 0 Å². The molecule has 1 nitrogen and oxygen atoms in total. The van der Waals surface area contributed by atoms with Crippen LogP contribution < -0.4 is 0 Å². The fraction of sp³-hybridized carbons (Fsp3) is 1.00. The van der Waals surface area contributed by atoms with Crippen molar-refractivity contribution in [2.75, 3.05) is 0 Å². The van der Waals surface area contributed by atoms with E-state index in [0.29, 0.717) is 0 Å². The van der Waals surface area contributed by atoms with Crippen molar-refractivity contribution in [2.24, 2.45) is 0 Å². The highest BCUT2D eigenvalue weighted by molar-refractivity contribution is 4.96. The number of rotatable bonds is 0. The fourth-order valence-corrected chi connectivity index (χ4v) is 1.06.